The first-order valence-electron chi connectivity index (χ1n) is 10.2. The van der Waals surface area contributed by atoms with E-state index in [0.29, 0.717) is 25.4 Å². The Morgan fingerprint density at radius 3 is 2.46 bits per heavy atom. The van der Waals surface area contributed by atoms with E-state index in [2.05, 4.69) is 42.6 Å². The molecule has 1 N–H and O–H groups in total. The molecule has 4 heteroatoms. The molecule has 144 valence electrons. The van der Waals surface area contributed by atoms with Crippen molar-refractivity contribution in [2.24, 2.45) is 0 Å². The van der Waals surface area contributed by atoms with Crippen LogP contribution in [0.25, 0.3) is 0 Å². The Morgan fingerprint density at radius 2 is 1.81 bits per heavy atom. The zero-order valence-electron chi connectivity index (χ0n) is 16.0. The van der Waals surface area contributed by atoms with E-state index in [1.54, 1.807) is 0 Å². The van der Waals surface area contributed by atoms with E-state index >= 15 is 0 Å². The number of amides is 1. The zero-order chi connectivity index (χ0) is 18.6. The Balaban J connectivity index is 1.46. The van der Waals surface area contributed by atoms with Crippen LogP contribution in [0.15, 0.2) is 30.3 Å². The van der Waals surface area contributed by atoms with Gasteiger partial charge in [0.25, 0.3) is 0 Å². The minimum atomic E-state index is -0.418. The molecule has 2 atom stereocenters. The third-order valence-corrected chi connectivity index (χ3v) is 5.24. The van der Waals surface area contributed by atoms with Gasteiger partial charge in [0.05, 0.1) is 6.61 Å². The largest absolute Gasteiger partial charge is 0.464 e. The monoisotopic (exact) mass is 359 g/mol. The molecule has 4 nitrogen and oxygen atoms in total. The molecule has 0 saturated carbocycles. The lowest BCUT2D eigenvalue weighted by Gasteiger charge is -2.15. The molecule has 1 aliphatic rings. The number of hydrogen-bond acceptors (Lipinski definition) is 3. The SMILES string of the molecule is CCC(CCCCCCCCC(=O)N[C@H]1CCOC1=O)c1ccccc1. The topological polar surface area (TPSA) is 55.4 Å². The summed E-state index contributed by atoms with van der Waals surface area (Å²) in [6, 6.07) is 10.4. The molecule has 1 amide bonds. The maximum Gasteiger partial charge on any atom is 0.328 e. The van der Waals surface area contributed by atoms with Crippen molar-refractivity contribution in [3.05, 3.63) is 35.9 Å². The molecule has 0 radical (unpaired) electrons. The summed E-state index contributed by atoms with van der Waals surface area (Å²) in [4.78, 5) is 23.1. The van der Waals surface area contributed by atoms with Crippen LogP contribution < -0.4 is 5.32 Å². The first kappa shape index (κ1) is 20.5. The molecule has 1 unspecified atom stereocenters. The van der Waals surface area contributed by atoms with E-state index in [4.69, 9.17) is 4.74 Å². The number of hydrogen-bond donors (Lipinski definition) is 1. The minimum Gasteiger partial charge on any atom is -0.464 e. The standard InChI is InChI=1S/C22H33NO3/c1-2-18(19-13-9-7-10-14-19)12-8-5-3-4-6-11-15-21(24)23-20-16-17-26-22(20)25/h7,9-10,13-14,18,20H,2-6,8,11-12,15-17H2,1H3,(H,23,24)/t18?,20-/m0/s1. The van der Waals surface area contributed by atoms with Gasteiger partial charge in [-0.1, -0.05) is 69.4 Å². The normalized spacial score (nSPS) is 17.7. The van der Waals surface area contributed by atoms with Crippen molar-refractivity contribution in [2.45, 2.75) is 83.1 Å². The number of nitrogens with one attached hydrogen (secondary N) is 1. The van der Waals surface area contributed by atoms with Crippen LogP contribution in [0.1, 0.15) is 82.6 Å². The van der Waals surface area contributed by atoms with Crippen LogP contribution in [0.5, 0.6) is 0 Å². The molecule has 1 aliphatic heterocycles. The van der Waals surface area contributed by atoms with Gasteiger partial charge in [0, 0.05) is 12.8 Å². The molecule has 0 spiro atoms. The van der Waals surface area contributed by atoms with Gasteiger partial charge < -0.3 is 10.1 Å². The summed E-state index contributed by atoms with van der Waals surface area (Å²) >= 11 is 0. The maximum atomic E-state index is 11.8. The number of cyclic esters (lactones) is 1. The second-order valence-corrected chi connectivity index (χ2v) is 7.25. The van der Waals surface area contributed by atoms with Crippen LogP contribution in [0.2, 0.25) is 0 Å². The minimum absolute atomic E-state index is 0.0255. The van der Waals surface area contributed by atoms with Gasteiger partial charge in [-0.15, -0.1) is 0 Å². The van der Waals surface area contributed by atoms with E-state index < -0.39 is 6.04 Å². The van der Waals surface area contributed by atoms with Gasteiger partial charge in [-0.2, -0.15) is 0 Å². The number of ether oxygens (including phenoxy) is 1. The van der Waals surface area contributed by atoms with E-state index in [1.807, 2.05) is 0 Å². The van der Waals surface area contributed by atoms with Gasteiger partial charge in [0.15, 0.2) is 0 Å². The van der Waals surface area contributed by atoms with Crippen molar-refractivity contribution in [3.8, 4) is 0 Å². The molecule has 0 aromatic heterocycles. The first-order valence-corrected chi connectivity index (χ1v) is 10.2. The predicted octanol–water partition coefficient (Wildman–Crippen LogP) is 4.73. The predicted molar refractivity (Wildman–Crippen MR) is 104 cm³/mol. The average Bonchev–Trinajstić information content (AvgIpc) is 3.06. The summed E-state index contributed by atoms with van der Waals surface area (Å²) in [7, 11) is 0. The quantitative estimate of drug-likeness (QED) is 0.433. The summed E-state index contributed by atoms with van der Waals surface area (Å²) in [6.07, 6.45) is 10.5. The number of unbranched alkanes of at least 4 members (excludes halogenated alkanes) is 5. The molecule has 0 bridgehead atoms. The molecule has 1 aromatic rings. The fraction of sp³-hybridized carbons (Fsp3) is 0.636. The highest BCUT2D eigenvalue weighted by atomic mass is 16.5. The molecule has 2 rings (SSSR count). The zero-order valence-corrected chi connectivity index (χ0v) is 16.0. The lowest BCUT2D eigenvalue weighted by atomic mass is 9.91. The van der Waals surface area contributed by atoms with Crippen molar-refractivity contribution in [1.82, 2.24) is 5.32 Å². The van der Waals surface area contributed by atoms with Crippen LogP contribution >= 0.6 is 0 Å². The third kappa shape index (κ3) is 7.19. The Kier molecular flexibility index (Phi) is 9.22. The van der Waals surface area contributed by atoms with Crippen LogP contribution in [0.4, 0.5) is 0 Å². The van der Waals surface area contributed by atoms with E-state index in [0.717, 1.165) is 12.8 Å². The molecule has 1 heterocycles. The van der Waals surface area contributed by atoms with Crippen molar-refractivity contribution in [2.75, 3.05) is 6.61 Å². The maximum absolute atomic E-state index is 11.8. The highest BCUT2D eigenvalue weighted by Gasteiger charge is 2.27. The summed E-state index contributed by atoms with van der Waals surface area (Å²) in [5.74, 6) is 0.365. The number of esters is 1. The second-order valence-electron chi connectivity index (χ2n) is 7.25. The smallest absolute Gasteiger partial charge is 0.328 e. The van der Waals surface area contributed by atoms with Gasteiger partial charge in [-0.25, -0.2) is 4.79 Å². The molecular formula is C22H33NO3. The fourth-order valence-electron chi connectivity index (χ4n) is 3.61. The lowest BCUT2D eigenvalue weighted by molar-refractivity contribution is -0.141. The van der Waals surface area contributed by atoms with Crippen molar-refractivity contribution < 1.29 is 14.3 Å². The van der Waals surface area contributed by atoms with Gasteiger partial charge in [0.1, 0.15) is 6.04 Å². The van der Waals surface area contributed by atoms with Crippen molar-refractivity contribution in [1.29, 1.82) is 0 Å². The second kappa shape index (κ2) is 11.7. The average molecular weight is 360 g/mol. The van der Waals surface area contributed by atoms with E-state index in [1.165, 1.54) is 44.1 Å². The summed E-state index contributed by atoms with van der Waals surface area (Å²) in [6.45, 7) is 2.70. The molecule has 1 saturated heterocycles. The van der Waals surface area contributed by atoms with Gasteiger partial charge in [0.2, 0.25) is 5.91 Å². The van der Waals surface area contributed by atoms with Crippen LogP contribution in [-0.2, 0) is 14.3 Å². The van der Waals surface area contributed by atoms with Crippen molar-refractivity contribution in [3.63, 3.8) is 0 Å². The number of carbonyl (C=O) groups is 2. The van der Waals surface area contributed by atoms with Crippen molar-refractivity contribution >= 4 is 11.9 Å². The van der Waals surface area contributed by atoms with Gasteiger partial charge >= 0.3 is 5.97 Å². The van der Waals surface area contributed by atoms with E-state index in [9.17, 15) is 9.59 Å². The van der Waals surface area contributed by atoms with Gasteiger partial charge in [-0.05, 0) is 30.7 Å². The molecule has 1 aromatic carbocycles. The molecule has 0 aliphatic carbocycles. The number of rotatable bonds is 12. The molecular weight excluding hydrogens is 326 g/mol. The van der Waals surface area contributed by atoms with Gasteiger partial charge in [-0.3, -0.25) is 4.79 Å². The molecule has 1 fully saturated rings. The Hall–Kier alpha value is -1.84. The number of benzene rings is 1. The third-order valence-electron chi connectivity index (χ3n) is 5.24. The summed E-state index contributed by atoms with van der Waals surface area (Å²) in [5.41, 5.74) is 1.46. The Bertz CT molecular complexity index is 544. The van der Waals surface area contributed by atoms with Crippen LogP contribution in [-0.4, -0.2) is 24.5 Å². The summed E-state index contributed by atoms with van der Waals surface area (Å²) < 4.78 is 4.85. The lowest BCUT2D eigenvalue weighted by Crippen LogP contribution is -2.37. The first-order chi connectivity index (χ1) is 12.7. The van der Waals surface area contributed by atoms with Crippen LogP contribution in [0, 0.1) is 0 Å². The molecule has 26 heavy (non-hydrogen) atoms. The highest BCUT2D eigenvalue weighted by molar-refractivity contribution is 5.85. The Morgan fingerprint density at radius 1 is 1.12 bits per heavy atom. The highest BCUT2D eigenvalue weighted by Crippen LogP contribution is 2.25. The van der Waals surface area contributed by atoms with Crippen LogP contribution in [0.3, 0.4) is 0 Å². The number of carbonyl (C=O) groups excluding carboxylic acids is 2. The Labute approximate surface area is 157 Å². The fourth-order valence-corrected chi connectivity index (χ4v) is 3.61. The summed E-state index contributed by atoms with van der Waals surface area (Å²) in [5, 5.41) is 2.76. The van der Waals surface area contributed by atoms with E-state index in [-0.39, 0.29) is 11.9 Å².